The maximum absolute atomic E-state index is 13.1. The lowest BCUT2D eigenvalue weighted by Gasteiger charge is -2.12. The van der Waals surface area contributed by atoms with E-state index in [9.17, 15) is 9.59 Å². The third kappa shape index (κ3) is 3.72. The van der Waals surface area contributed by atoms with E-state index in [0.29, 0.717) is 28.7 Å². The van der Waals surface area contributed by atoms with Gasteiger partial charge in [-0.25, -0.2) is 4.98 Å². The molecule has 0 radical (unpaired) electrons. The Morgan fingerprint density at radius 2 is 1.90 bits per heavy atom. The van der Waals surface area contributed by atoms with Crippen molar-refractivity contribution in [2.45, 2.75) is 0 Å². The van der Waals surface area contributed by atoms with Gasteiger partial charge in [0.05, 0.1) is 16.5 Å². The number of nitrogens with zero attached hydrogens (tertiary/aromatic N) is 4. The fourth-order valence-corrected chi connectivity index (χ4v) is 3.22. The van der Waals surface area contributed by atoms with Gasteiger partial charge in [0.15, 0.2) is 5.65 Å². The van der Waals surface area contributed by atoms with Gasteiger partial charge in [0.1, 0.15) is 0 Å². The Morgan fingerprint density at radius 3 is 2.66 bits per heavy atom. The molecule has 0 aliphatic carbocycles. The lowest BCUT2D eigenvalue weighted by atomic mass is 10.0. The molecule has 0 spiro atoms. The Kier molecular flexibility index (Phi) is 5.05. The number of fused-ring (bicyclic) bond motifs is 2. The second kappa shape index (κ2) is 7.81. The average molecular weight is 387 g/mol. The minimum absolute atomic E-state index is 0.205. The van der Waals surface area contributed by atoms with Gasteiger partial charge in [-0.1, -0.05) is 6.07 Å². The second-order valence-electron chi connectivity index (χ2n) is 7.06. The van der Waals surface area contributed by atoms with E-state index in [4.69, 9.17) is 0 Å². The number of carbonyl (C=O) groups excluding carboxylic acids is 1. The van der Waals surface area contributed by atoms with Gasteiger partial charge in [-0.3, -0.25) is 19.0 Å². The highest BCUT2D eigenvalue weighted by atomic mass is 16.2. The van der Waals surface area contributed by atoms with Crippen LogP contribution in [0.5, 0.6) is 0 Å². The highest BCUT2D eigenvalue weighted by Gasteiger charge is 2.14. The van der Waals surface area contributed by atoms with Crippen LogP contribution in [-0.2, 0) is 0 Å². The topological polar surface area (TPSA) is 79.6 Å². The summed E-state index contributed by atoms with van der Waals surface area (Å²) in [5, 5.41) is 3.38. The van der Waals surface area contributed by atoms with Crippen LogP contribution < -0.4 is 10.9 Å². The zero-order chi connectivity index (χ0) is 20.4. The molecule has 7 nitrogen and oxygen atoms in total. The number of rotatable bonds is 5. The largest absolute Gasteiger partial charge is 0.351 e. The zero-order valence-electron chi connectivity index (χ0n) is 16.3. The van der Waals surface area contributed by atoms with Crippen LogP contribution in [0.4, 0.5) is 0 Å². The first-order valence-electron chi connectivity index (χ1n) is 9.33. The molecule has 29 heavy (non-hydrogen) atoms. The van der Waals surface area contributed by atoms with Crippen LogP contribution in [0.3, 0.4) is 0 Å². The van der Waals surface area contributed by atoms with Crippen LogP contribution in [0.1, 0.15) is 10.4 Å². The van der Waals surface area contributed by atoms with E-state index < -0.39 is 0 Å². The van der Waals surface area contributed by atoms with E-state index in [0.717, 1.165) is 17.7 Å². The summed E-state index contributed by atoms with van der Waals surface area (Å²) in [5.41, 5.74) is 2.97. The molecule has 0 aliphatic rings. The van der Waals surface area contributed by atoms with Crippen molar-refractivity contribution in [1.82, 2.24) is 24.6 Å². The third-order valence-electron chi connectivity index (χ3n) is 4.74. The Labute approximate surface area is 167 Å². The van der Waals surface area contributed by atoms with Crippen LogP contribution >= 0.6 is 0 Å². The number of nitrogens with one attached hydrogen (secondary N) is 1. The first-order valence-corrected chi connectivity index (χ1v) is 9.33. The molecule has 0 saturated heterocycles. The van der Waals surface area contributed by atoms with E-state index in [1.807, 2.05) is 49.3 Å². The summed E-state index contributed by atoms with van der Waals surface area (Å²) >= 11 is 0. The minimum Gasteiger partial charge on any atom is -0.351 e. The third-order valence-corrected chi connectivity index (χ3v) is 4.74. The molecule has 7 heteroatoms. The predicted molar refractivity (Wildman–Crippen MR) is 113 cm³/mol. The van der Waals surface area contributed by atoms with Gasteiger partial charge in [0.2, 0.25) is 0 Å². The van der Waals surface area contributed by atoms with Gasteiger partial charge in [-0.2, -0.15) is 0 Å². The number of carbonyl (C=O) groups is 1. The maximum atomic E-state index is 13.1. The molecule has 0 atom stereocenters. The van der Waals surface area contributed by atoms with Gasteiger partial charge >= 0.3 is 0 Å². The predicted octanol–water partition coefficient (Wildman–Crippen LogP) is 2.20. The van der Waals surface area contributed by atoms with Gasteiger partial charge in [0.25, 0.3) is 11.5 Å². The molecular weight excluding hydrogens is 366 g/mol. The summed E-state index contributed by atoms with van der Waals surface area (Å²) in [7, 11) is 3.88. The molecule has 4 rings (SSSR count). The molecule has 0 fully saturated rings. The molecule has 1 aromatic carbocycles. The molecule has 4 aromatic rings. The summed E-state index contributed by atoms with van der Waals surface area (Å²) in [5.74, 6) is -0.246. The van der Waals surface area contributed by atoms with Gasteiger partial charge < -0.3 is 10.2 Å². The number of pyridine rings is 2. The van der Waals surface area contributed by atoms with Crippen LogP contribution in [0.25, 0.3) is 27.7 Å². The Morgan fingerprint density at radius 1 is 1.10 bits per heavy atom. The number of benzene rings is 1. The van der Waals surface area contributed by atoms with Crippen LogP contribution in [0.15, 0.2) is 65.8 Å². The molecule has 0 bridgehead atoms. The molecule has 146 valence electrons. The van der Waals surface area contributed by atoms with Crippen molar-refractivity contribution in [3.05, 3.63) is 77.0 Å². The fraction of sp³-hybridized carbons (Fsp3) is 0.182. The minimum atomic E-state index is -0.246. The van der Waals surface area contributed by atoms with E-state index >= 15 is 0 Å². The number of aromatic nitrogens is 3. The van der Waals surface area contributed by atoms with Crippen molar-refractivity contribution in [2.75, 3.05) is 27.2 Å². The second-order valence-corrected chi connectivity index (χ2v) is 7.06. The number of hydrogen-bond acceptors (Lipinski definition) is 5. The smallest absolute Gasteiger partial charge is 0.265 e. The van der Waals surface area contributed by atoms with Crippen molar-refractivity contribution in [1.29, 1.82) is 0 Å². The summed E-state index contributed by atoms with van der Waals surface area (Å²) in [6.07, 6.45) is 5.07. The molecule has 0 unspecified atom stereocenters. The molecule has 0 aliphatic heterocycles. The summed E-state index contributed by atoms with van der Waals surface area (Å²) in [4.78, 5) is 36.4. The SMILES string of the molecule is CN(C)CCNC(=O)c1cccn2c(=O)c3cc(-c4ccncc4)ccc3nc12. The van der Waals surface area contributed by atoms with E-state index in [-0.39, 0.29) is 11.5 Å². The molecule has 1 amide bonds. The zero-order valence-corrected chi connectivity index (χ0v) is 16.3. The fourth-order valence-electron chi connectivity index (χ4n) is 3.22. The van der Waals surface area contributed by atoms with Gasteiger partial charge in [-0.15, -0.1) is 0 Å². The lowest BCUT2D eigenvalue weighted by Crippen LogP contribution is -2.32. The monoisotopic (exact) mass is 387 g/mol. The lowest BCUT2D eigenvalue weighted by molar-refractivity contribution is 0.0952. The average Bonchev–Trinajstić information content (AvgIpc) is 2.73. The summed E-state index contributed by atoms with van der Waals surface area (Å²) < 4.78 is 1.43. The Hall–Kier alpha value is -3.58. The van der Waals surface area contributed by atoms with Crippen molar-refractivity contribution in [2.24, 2.45) is 0 Å². The highest BCUT2D eigenvalue weighted by molar-refractivity contribution is 6.00. The van der Waals surface area contributed by atoms with E-state index in [2.05, 4.69) is 15.3 Å². The van der Waals surface area contributed by atoms with Crippen molar-refractivity contribution in [3.8, 4) is 11.1 Å². The molecule has 1 N–H and O–H groups in total. The standard InChI is InChI=1S/C22H21N5O2/c1-26(2)13-11-24-21(28)17-4-3-12-27-20(17)25-19-6-5-16(14-18(19)22(27)29)15-7-9-23-10-8-15/h3-10,12,14H,11,13H2,1-2H3,(H,24,28). The molecule has 3 aromatic heterocycles. The van der Waals surface area contributed by atoms with Crippen molar-refractivity contribution < 1.29 is 4.79 Å². The van der Waals surface area contributed by atoms with Crippen LogP contribution in [-0.4, -0.2) is 52.4 Å². The Bertz CT molecular complexity index is 1250. The van der Waals surface area contributed by atoms with Gasteiger partial charge in [-0.05, 0) is 61.6 Å². The van der Waals surface area contributed by atoms with E-state index in [1.165, 1.54) is 4.40 Å². The number of likely N-dealkylation sites (N-methyl/N-ethyl adjacent to an activating group) is 1. The molecule has 0 saturated carbocycles. The Balaban J connectivity index is 1.80. The maximum Gasteiger partial charge on any atom is 0.265 e. The number of amides is 1. The molecular formula is C22H21N5O2. The summed E-state index contributed by atoms with van der Waals surface area (Å²) in [6, 6.07) is 12.7. The van der Waals surface area contributed by atoms with Crippen LogP contribution in [0.2, 0.25) is 0 Å². The first-order chi connectivity index (χ1) is 14.0. The van der Waals surface area contributed by atoms with Crippen molar-refractivity contribution in [3.63, 3.8) is 0 Å². The highest BCUT2D eigenvalue weighted by Crippen LogP contribution is 2.22. The molecule has 3 heterocycles. The normalized spacial score (nSPS) is 11.3. The van der Waals surface area contributed by atoms with Crippen molar-refractivity contribution >= 4 is 22.5 Å². The first kappa shape index (κ1) is 18.8. The van der Waals surface area contributed by atoms with Gasteiger partial charge in [0, 0.05) is 31.7 Å². The van der Waals surface area contributed by atoms with E-state index in [1.54, 1.807) is 30.7 Å². The quantitative estimate of drug-likeness (QED) is 0.531. The number of hydrogen-bond donors (Lipinski definition) is 1. The summed E-state index contributed by atoms with van der Waals surface area (Å²) in [6.45, 7) is 1.24. The van der Waals surface area contributed by atoms with Crippen LogP contribution in [0, 0.1) is 0 Å².